The van der Waals surface area contributed by atoms with Crippen LogP contribution in [0.15, 0.2) is 48.7 Å². The molecule has 1 aliphatic carbocycles. The number of carbonyl (C=O) groups excluding carboxylic acids is 3. The van der Waals surface area contributed by atoms with Crippen LogP contribution in [0.25, 0.3) is 10.9 Å². The summed E-state index contributed by atoms with van der Waals surface area (Å²) in [6.45, 7) is 0.451. The number of anilines is 1. The van der Waals surface area contributed by atoms with E-state index in [4.69, 9.17) is 22.1 Å². The summed E-state index contributed by atoms with van der Waals surface area (Å²) in [7, 11) is 1.45. The second kappa shape index (κ2) is 9.44. The Morgan fingerprint density at radius 2 is 2.00 bits per heavy atom. The van der Waals surface area contributed by atoms with Crippen LogP contribution in [-0.2, 0) is 9.53 Å². The molecule has 4 N–H and O–H groups in total. The van der Waals surface area contributed by atoms with Gasteiger partial charge in [-0.05, 0) is 30.4 Å². The van der Waals surface area contributed by atoms with Crippen LogP contribution >= 0.6 is 11.6 Å². The molecule has 188 valence electrons. The lowest BCUT2D eigenvalue weighted by molar-refractivity contribution is -0.126. The number of methoxy groups -OCH3 is 1. The molecule has 0 unspecified atom stereocenters. The van der Waals surface area contributed by atoms with E-state index < -0.39 is 35.9 Å². The summed E-state index contributed by atoms with van der Waals surface area (Å²) in [6, 6.07) is 8.97. The zero-order chi connectivity index (χ0) is 25.6. The summed E-state index contributed by atoms with van der Waals surface area (Å²) in [5.74, 6) is -0.772. The van der Waals surface area contributed by atoms with Gasteiger partial charge in [0, 0.05) is 30.8 Å². The second-order valence-electron chi connectivity index (χ2n) is 9.11. The number of nitrogens with zero attached hydrogens (tertiary/aromatic N) is 2. The third-order valence-corrected chi connectivity index (χ3v) is 7.17. The minimum Gasteiger partial charge on any atom is -0.382 e. The van der Waals surface area contributed by atoms with Gasteiger partial charge in [0.15, 0.2) is 0 Å². The first kappa shape index (κ1) is 24.1. The maximum absolute atomic E-state index is 14.7. The van der Waals surface area contributed by atoms with Crippen molar-refractivity contribution < 1.29 is 23.5 Å². The molecule has 0 radical (unpaired) electrons. The number of aromatic nitrogens is 1. The third kappa shape index (κ3) is 4.27. The molecule has 4 atom stereocenters. The number of piperidine rings is 1. The lowest BCUT2D eigenvalue weighted by Crippen LogP contribution is -2.50. The molecule has 11 heteroatoms. The van der Waals surface area contributed by atoms with Gasteiger partial charge in [-0.2, -0.15) is 0 Å². The van der Waals surface area contributed by atoms with E-state index in [0.717, 1.165) is 6.42 Å². The number of para-hydroxylation sites is 1. The Hall–Kier alpha value is -3.63. The van der Waals surface area contributed by atoms with Crippen LogP contribution in [0.3, 0.4) is 0 Å². The molecule has 0 bridgehead atoms. The number of fused-ring (bicyclic) bond motifs is 2. The highest BCUT2D eigenvalue weighted by molar-refractivity contribution is 6.30. The predicted octanol–water partition coefficient (Wildman–Crippen LogP) is 3.72. The lowest BCUT2D eigenvalue weighted by Gasteiger charge is -2.29. The molecular formula is C25H25ClFN5O4. The van der Waals surface area contributed by atoms with Crippen molar-refractivity contribution >= 4 is 46.2 Å². The Labute approximate surface area is 211 Å². The van der Waals surface area contributed by atoms with E-state index in [-0.39, 0.29) is 29.0 Å². The number of halogens is 2. The van der Waals surface area contributed by atoms with Crippen molar-refractivity contribution in [2.24, 2.45) is 17.6 Å². The summed E-state index contributed by atoms with van der Waals surface area (Å²) < 4.78 is 21.1. The van der Waals surface area contributed by atoms with Gasteiger partial charge >= 0.3 is 12.1 Å². The number of benzene rings is 2. The van der Waals surface area contributed by atoms with Gasteiger partial charge in [-0.15, -0.1) is 0 Å². The van der Waals surface area contributed by atoms with Crippen molar-refractivity contribution in [3.8, 4) is 0 Å². The number of carbonyl (C=O) groups is 3. The fourth-order valence-electron chi connectivity index (χ4n) is 5.08. The van der Waals surface area contributed by atoms with Crippen LogP contribution in [0.4, 0.5) is 19.7 Å². The molecule has 5 rings (SSSR count). The van der Waals surface area contributed by atoms with Gasteiger partial charge in [0.2, 0.25) is 5.91 Å². The molecule has 36 heavy (non-hydrogen) atoms. The van der Waals surface area contributed by atoms with Crippen LogP contribution in [-0.4, -0.2) is 53.7 Å². The number of urea groups is 1. The van der Waals surface area contributed by atoms with Gasteiger partial charge in [-0.3, -0.25) is 9.36 Å². The summed E-state index contributed by atoms with van der Waals surface area (Å²) in [6.07, 6.45) is 2.30. The first-order chi connectivity index (χ1) is 17.3. The molecule has 1 aliphatic heterocycles. The highest BCUT2D eigenvalue weighted by atomic mass is 35.5. The molecule has 2 aliphatic rings. The topological polar surface area (TPSA) is 119 Å². The Balaban J connectivity index is 1.37. The Morgan fingerprint density at radius 1 is 1.22 bits per heavy atom. The predicted molar refractivity (Wildman–Crippen MR) is 132 cm³/mol. The van der Waals surface area contributed by atoms with E-state index in [2.05, 4.69) is 10.6 Å². The van der Waals surface area contributed by atoms with Crippen molar-refractivity contribution in [1.29, 1.82) is 0 Å². The molecule has 2 heterocycles. The maximum atomic E-state index is 14.7. The lowest BCUT2D eigenvalue weighted by atomic mass is 10.1. The highest BCUT2D eigenvalue weighted by Gasteiger charge is 2.57. The third-order valence-electron chi connectivity index (χ3n) is 6.88. The van der Waals surface area contributed by atoms with Crippen LogP contribution in [0.5, 0.6) is 0 Å². The summed E-state index contributed by atoms with van der Waals surface area (Å²) in [5, 5.41) is 6.27. The number of hydrogen-bond donors (Lipinski definition) is 3. The number of nitrogens with one attached hydrogen (secondary N) is 2. The summed E-state index contributed by atoms with van der Waals surface area (Å²) in [4.78, 5) is 40.0. The molecule has 1 aromatic heterocycles. The molecule has 2 fully saturated rings. The zero-order valence-electron chi connectivity index (χ0n) is 19.4. The number of likely N-dealkylation sites (tertiary alicyclic amines) is 1. The first-order valence-electron chi connectivity index (χ1n) is 11.5. The number of primary amides is 1. The van der Waals surface area contributed by atoms with E-state index in [1.165, 1.54) is 28.8 Å². The average Bonchev–Trinajstić information content (AvgIpc) is 3.35. The molecule has 0 spiro atoms. The van der Waals surface area contributed by atoms with Gasteiger partial charge in [-0.25, -0.2) is 14.0 Å². The van der Waals surface area contributed by atoms with Crippen LogP contribution in [0, 0.1) is 17.7 Å². The summed E-state index contributed by atoms with van der Waals surface area (Å²) in [5.41, 5.74) is 6.65. The van der Waals surface area contributed by atoms with Crippen molar-refractivity contribution in [2.45, 2.75) is 18.5 Å². The Bertz CT molecular complexity index is 1360. The van der Waals surface area contributed by atoms with Gasteiger partial charge in [0.1, 0.15) is 11.9 Å². The van der Waals surface area contributed by atoms with E-state index in [1.807, 2.05) is 0 Å². The standard InChI is InChI=1S/C25H25ClFN5O4/c1-36-12-19(15-6-4-7-17(26)21(15)27)29-23(33)22-16-9-13(16)10-32(22)25(35)30-18-11-31(24(28)34)20-8-3-2-5-14(18)20/h2-8,11,13,16,19,22H,9-10,12H2,1H3,(H2,28,34)(H,29,33)(H,30,35)/t13-,16-,19+,22-/m0/s1. The van der Waals surface area contributed by atoms with Gasteiger partial charge in [0.05, 0.1) is 28.9 Å². The Kier molecular flexibility index (Phi) is 6.31. The number of nitrogens with two attached hydrogens (primary N) is 1. The molecule has 1 saturated carbocycles. The fourth-order valence-corrected chi connectivity index (χ4v) is 5.26. The van der Waals surface area contributed by atoms with Gasteiger partial charge < -0.3 is 26.0 Å². The van der Waals surface area contributed by atoms with Crippen LogP contribution in [0.2, 0.25) is 5.02 Å². The van der Waals surface area contributed by atoms with E-state index in [0.29, 0.717) is 23.1 Å². The minimum atomic E-state index is -0.780. The minimum absolute atomic E-state index is 0.0233. The van der Waals surface area contributed by atoms with E-state index in [9.17, 15) is 18.8 Å². The van der Waals surface area contributed by atoms with Crippen molar-refractivity contribution in [3.63, 3.8) is 0 Å². The number of hydrogen-bond acceptors (Lipinski definition) is 4. The van der Waals surface area contributed by atoms with Gasteiger partial charge in [0.25, 0.3) is 0 Å². The monoisotopic (exact) mass is 513 g/mol. The fraction of sp³-hybridized carbons (Fsp3) is 0.320. The van der Waals surface area contributed by atoms with Crippen molar-refractivity contribution in [3.05, 3.63) is 65.1 Å². The second-order valence-corrected chi connectivity index (χ2v) is 9.52. The zero-order valence-corrected chi connectivity index (χ0v) is 20.2. The molecule has 3 aromatic rings. The molecule has 2 aromatic carbocycles. The van der Waals surface area contributed by atoms with E-state index >= 15 is 0 Å². The number of rotatable bonds is 6. The highest BCUT2D eigenvalue weighted by Crippen LogP contribution is 2.50. The van der Waals surface area contributed by atoms with Crippen LogP contribution < -0.4 is 16.4 Å². The summed E-state index contributed by atoms with van der Waals surface area (Å²) >= 11 is 5.94. The normalized spacial score (nSPS) is 21.2. The molecule has 9 nitrogen and oxygen atoms in total. The van der Waals surface area contributed by atoms with Crippen LogP contribution in [0.1, 0.15) is 18.0 Å². The molecular weight excluding hydrogens is 489 g/mol. The molecule has 4 amide bonds. The number of amides is 4. The quantitative estimate of drug-likeness (QED) is 0.465. The van der Waals surface area contributed by atoms with Crippen molar-refractivity contribution in [2.75, 3.05) is 25.6 Å². The molecule has 1 saturated heterocycles. The van der Waals surface area contributed by atoms with Gasteiger partial charge in [-0.1, -0.05) is 41.9 Å². The smallest absolute Gasteiger partial charge is 0.323 e. The SMILES string of the molecule is COC[C@@H](NC(=O)[C@@H]1[C@H]2C[C@H]2CN1C(=O)Nc1cn(C(N)=O)c2ccccc12)c1cccc(Cl)c1F. The number of ether oxygens (including phenoxy) is 1. The average molecular weight is 514 g/mol. The largest absolute Gasteiger partial charge is 0.382 e. The Morgan fingerprint density at radius 3 is 2.75 bits per heavy atom. The van der Waals surface area contributed by atoms with Crippen molar-refractivity contribution in [1.82, 2.24) is 14.8 Å². The maximum Gasteiger partial charge on any atom is 0.323 e. The van der Waals surface area contributed by atoms with E-state index in [1.54, 1.807) is 36.4 Å². The first-order valence-corrected chi connectivity index (χ1v) is 11.9.